The summed E-state index contributed by atoms with van der Waals surface area (Å²) < 4.78 is 5.19. The lowest BCUT2D eigenvalue weighted by Crippen LogP contribution is -2.15. The van der Waals surface area contributed by atoms with Gasteiger partial charge in [0.15, 0.2) is 0 Å². The topological polar surface area (TPSA) is 55.4 Å². The van der Waals surface area contributed by atoms with Crippen molar-refractivity contribution >= 4 is 51.4 Å². The van der Waals surface area contributed by atoms with Crippen molar-refractivity contribution in [2.45, 2.75) is 32.6 Å². The zero-order valence-corrected chi connectivity index (χ0v) is 16.0. The summed E-state index contributed by atoms with van der Waals surface area (Å²) in [6.07, 6.45) is 3.88. The van der Waals surface area contributed by atoms with Crippen LogP contribution in [0.1, 0.15) is 50.9 Å². The van der Waals surface area contributed by atoms with Gasteiger partial charge in [0.2, 0.25) is 0 Å². The number of amides is 1. The summed E-state index contributed by atoms with van der Waals surface area (Å²) in [5, 5.41) is 4.14. The number of aryl methyl sites for hydroxylation is 1. The van der Waals surface area contributed by atoms with Gasteiger partial charge >= 0.3 is 5.97 Å². The number of hydrogen-bond acceptors (Lipinski definition) is 4. The molecule has 1 aromatic heterocycles. The van der Waals surface area contributed by atoms with Crippen LogP contribution in [0.15, 0.2) is 18.2 Å². The Hall–Kier alpha value is -1.56. The number of anilines is 1. The standard InChI is InChI=1S/C18H17Cl2NO3S/c1-2-24-18(23)15-13-5-3-4-6-14(13)25-17(15)21-16(22)10-7-11(19)9-12(20)8-10/h7-9H,2-6H2,1H3,(H,21,22). The predicted molar refractivity (Wildman–Crippen MR) is 101 cm³/mol. The van der Waals surface area contributed by atoms with Crippen molar-refractivity contribution < 1.29 is 14.3 Å². The van der Waals surface area contributed by atoms with Gasteiger partial charge in [0.25, 0.3) is 5.91 Å². The molecule has 1 heterocycles. The predicted octanol–water partition coefficient (Wildman–Crippen LogP) is 5.36. The van der Waals surface area contributed by atoms with Crippen LogP contribution in [0.4, 0.5) is 5.00 Å². The van der Waals surface area contributed by atoms with Gasteiger partial charge in [-0.05, 0) is 56.4 Å². The smallest absolute Gasteiger partial charge is 0.341 e. The minimum absolute atomic E-state index is 0.292. The van der Waals surface area contributed by atoms with E-state index in [2.05, 4.69) is 5.32 Å². The summed E-state index contributed by atoms with van der Waals surface area (Å²) in [5.41, 5.74) is 1.84. The lowest BCUT2D eigenvalue weighted by atomic mass is 9.95. The van der Waals surface area contributed by atoms with Gasteiger partial charge in [0.1, 0.15) is 5.00 Å². The minimum Gasteiger partial charge on any atom is -0.462 e. The number of halogens is 2. The van der Waals surface area contributed by atoms with E-state index in [1.165, 1.54) is 11.3 Å². The lowest BCUT2D eigenvalue weighted by Gasteiger charge is -2.12. The number of carbonyl (C=O) groups is 2. The molecular weight excluding hydrogens is 381 g/mol. The third kappa shape index (κ3) is 4.00. The number of fused-ring (bicyclic) bond motifs is 1. The van der Waals surface area contributed by atoms with Gasteiger partial charge in [-0.25, -0.2) is 4.79 Å². The van der Waals surface area contributed by atoms with Crippen molar-refractivity contribution in [2.24, 2.45) is 0 Å². The van der Waals surface area contributed by atoms with E-state index >= 15 is 0 Å². The third-order valence-electron chi connectivity index (χ3n) is 4.00. The van der Waals surface area contributed by atoms with Crippen molar-refractivity contribution in [3.05, 3.63) is 49.8 Å². The second-order valence-electron chi connectivity index (χ2n) is 5.75. The summed E-state index contributed by atoms with van der Waals surface area (Å²) in [5.74, 6) is -0.741. The number of benzene rings is 1. The van der Waals surface area contributed by atoms with Crippen LogP contribution in [-0.2, 0) is 17.6 Å². The van der Waals surface area contributed by atoms with Gasteiger partial charge in [0.05, 0.1) is 12.2 Å². The molecule has 0 atom stereocenters. The van der Waals surface area contributed by atoms with Crippen LogP contribution in [0.2, 0.25) is 10.0 Å². The molecule has 1 aliphatic carbocycles. The van der Waals surface area contributed by atoms with Crippen LogP contribution in [0, 0.1) is 0 Å². The zero-order chi connectivity index (χ0) is 18.0. The molecule has 0 bridgehead atoms. The maximum absolute atomic E-state index is 12.6. The molecule has 0 unspecified atom stereocenters. The molecule has 1 N–H and O–H groups in total. The van der Waals surface area contributed by atoms with Gasteiger partial charge in [-0.15, -0.1) is 11.3 Å². The van der Waals surface area contributed by atoms with E-state index in [-0.39, 0.29) is 11.9 Å². The maximum atomic E-state index is 12.6. The average molecular weight is 398 g/mol. The molecule has 0 saturated heterocycles. The van der Waals surface area contributed by atoms with E-state index in [0.29, 0.717) is 32.8 Å². The molecule has 2 aromatic rings. The van der Waals surface area contributed by atoms with Crippen molar-refractivity contribution in [3.8, 4) is 0 Å². The lowest BCUT2D eigenvalue weighted by molar-refractivity contribution is 0.0526. The molecule has 25 heavy (non-hydrogen) atoms. The van der Waals surface area contributed by atoms with Crippen molar-refractivity contribution in [3.63, 3.8) is 0 Å². The summed E-state index contributed by atoms with van der Waals surface area (Å²) in [4.78, 5) is 26.2. The molecule has 0 fully saturated rings. The fourth-order valence-corrected chi connectivity index (χ4v) is 4.73. The fraction of sp³-hybridized carbons (Fsp3) is 0.333. The number of thiophene rings is 1. The van der Waals surface area contributed by atoms with Crippen LogP contribution >= 0.6 is 34.5 Å². The van der Waals surface area contributed by atoms with Crippen LogP contribution < -0.4 is 5.32 Å². The first-order valence-corrected chi connectivity index (χ1v) is 9.66. The number of rotatable bonds is 4. The van der Waals surface area contributed by atoms with E-state index in [0.717, 1.165) is 36.1 Å². The van der Waals surface area contributed by atoms with E-state index in [1.54, 1.807) is 25.1 Å². The number of esters is 1. The molecule has 0 aliphatic heterocycles. The van der Waals surface area contributed by atoms with Crippen LogP contribution in [-0.4, -0.2) is 18.5 Å². The van der Waals surface area contributed by atoms with E-state index in [1.807, 2.05) is 0 Å². The van der Waals surface area contributed by atoms with Gasteiger partial charge in [-0.3, -0.25) is 4.79 Å². The molecule has 0 saturated carbocycles. The second kappa shape index (κ2) is 7.77. The van der Waals surface area contributed by atoms with Crippen LogP contribution in [0.25, 0.3) is 0 Å². The van der Waals surface area contributed by atoms with Crippen molar-refractivity contribution in [1.29, 1.82) is 0 Å². The Kier molecular flexibility index (Phi) is 5.67. The molecule has 3 rings (SSSR count). The van der Waals surface area contributed by atoms with Gasteiger partial charge in [0, 0.05) is 20.5 Å². The average Bonchev–Trinajstić information content (AvgIpc) is 2.92. The SMILES string of the molecule is CCOC(=O)c1c(NC(=O)c2cc(Cl)cc(Cl)c2)sc2c1CCCC2. The highest BCUT2D eigenvalue weighted by Gasteiger charge is 2.27. The summed E-state index contributed by atoms with van der Waals surface area (Å²) in [6, 6.07) is 4.65. The highest BCUT2D eigenvalue weighted by atomic mass is 35.5. The summed E-state index contributed by atoms with van der Waals surface area (Å²) >= 11 is 13.4. The largest absolute Gasteiger partial charge is 0.462 e. The van der Waals surface area contributed by atoms with Gasteiger partial charge in [-0.2, -0.15) is 0 Å². The van der Waals surface area contributed by atoms with E-state index < -0.39 is 0 Å². The second-order valence-corrected chi connectivity index (χ2v) is 7.73. The maximum Gasteiger partial charge on any atom is 0.341 e. The Labute approximate surface area is 160 Å². The molecule has 0 spiro atoms. The highest BCUT2D eigenvalue weighted by Crippen LogP contribution is 2.39. The normalized spacial score (nSPS) is 13.2. The Balaban J connectivity index is 1.94. The molecule has 1 aliphatic rings. The van der Waals surface area contributed by atoms with Crippen LogP contribution in [0.3, 0.4) is 0 Å². The Morgan fingerprint density at radius 1 is 1.16 bits per heavy atom. The molecule has 132 valence electrons. The quantitative estimate of drug-likeness (QED) is 0.706. The van der Waals surface area contributed by atoms with Crippen molar-refractivity contribution in [1.82, 2.24) is 0 Å². The summed E-state index contributed by atoms with van der Waals surface area (Å²) in [6.45, 7) is 2.06. The van der Waals surface area contributed by atoms with E-state index in [9.17, 15) is 9.59 Å². The Morgan fingerprint density at radius 3 is 2.52 bits per heavy atom. The first-order chi connectivity index (χ1) is 12.0. The van der Waals surface area contributed by atoms with E-state index in [4.69, 9.17) is 27.9 Å². The van der Waals surface area contributed by atoms with Crippen molar-refractivity contribution in [2.75, 3.05) is 11.9 Å². The monoisotopic (exact) mass is 397 g/mol. The first-order valence-electron chi connectivity index (χ1n) is 8.08. The first kappa shape index (κ1) is 18.2. The number of hydrogen-bond donors (Lipinski definition) is 1. The highest BCUT2D eigenvalue weighted by molar-refractivity contribution is 7.17. The molecular formula is C18H17Cl2NO3S. The van der Waals surface area contributed by atoms with Gasteiger partial charge < -0.3 is 10.1 Å². The number of ether oxygens (including phenoxy) is 1. The molecule has 4 nitrogen and oxygen atoms in total. The third-order valence-corrected chi connectivity index (χ3v) is 5.65. The molecule has 0 radical (unpaired) electrons. The Morgan fingerprint density at radius 2 is 1.84 bits per heavy atom. The Bertz CT molecular complexity index is 812. The number of carbonyl (C=O) groups excluding carboxylic acids is 2. The zero-order valence-electron chi connectivity index (χ0n) is 13.7. The molecule has 1 aromatic carbocycles. The molecule has 7 heteroatoms. The summed E-state index contributed by atoms with van der Waals surface area (Å²) in [7, 11) is 0. The van der Waals surface area contributed by atoms with Gasteiger partial charge in [-0.1, -0.05) is 23.2 Å². The number of nitrogens with one attached hydrogen (secondary N) is 1. The molecule has 1 amide bonds. The van der Waals surface area contributed by atoms with Crippen LogP contribution in [0.5, 0.6) is 0 Å². The fourth-order valence-electron chi connectivity index (χ4n) is 2.93. The minimum atomic E-state index is -0.388.